The van der Waals surface area contributed by atoms with Crippen LogP contribution in [0.2, 0.25) is 0 Å². The van der Waals surface area contributed by atoms with Crippen LogP contribution in [0.3, 0.4) is 0 Å². The molecule has 0 aliphatic carbocycles. The number of hydrogen-bond acceptors (Lipinski definition) is 2. The van der Waals surface area contributed by atoms with Crippen molar-refractivity contribution >= 4 is 11.8 Å². The van der Waals surface area contributed by atoms with Crippen LogP contribution in [0.1, 0.15) is 29.2 Å². The van der Waals surface area contributed by atoms with Crippen LogP contribution in [0.15, 0.2) is 24.8 Å². The maximum atomic E-state index is 12.5. The Morgan fingerprint density at radius 3 is 2.73 bits per heavy atom. The summed E-state index contributed by atoms with van der Waals surface area (Å²) in [7, 11) is 0. The predicted octanol–water partition coefficient (Wildman–Crippen LogP) is 2.22. The van der Waals surface area contributed by atoms with Gasteiger partial charge in [0.2, 0.25) is 11.8 Å². The van der Waals surface area contributed by atoms with Crippen molar-refractivity contribution < 1.29 is 9.59 Å². The highest BCUT2D eigenvalue weighted by atomic mass is 16.2. The summed E-state index contributed by atoms with van der Waals surface area (Å²) in [5.41, 5.74) is 5.13. The number of carbonyl (C=O) groups excluding carboxylic acids is 2. The molecule has 1 aromatic carbocycles. The molecule has 2 amide bonds. The summed E-state index contributed by atoms with van der Waals surface area (Å²) in [4.78, 5) is 27.5. The summed E-state index contributed by atoms with van der Waals surface area (Å²) < 4.78 is 0. The van der Waals surface area contributed by atoms with Gasteiger partial charge in [0.05, 0.1) is 0 Å². The van der Waals surface area contributed by atoms with Crippen molar-refractivity contribution in [3.05, 3.63) is 47.0 Å². The lowest BCUT2D eigenvalue weighted by Crippen LogP contribution is -2.44. The molecule has 4 heteroatoms. The molecule has 0 saturated carbocycles. The average Bonchev–Trinajstić information content (AvgIpc) is 2.50. The summed E-state index contributed by atoms with van der Waals surface area (Å²) in [5.74, 6) is -0.193. The fourth-order valence-electron chi connectivity index (χ4n) is 3.07. The molecule has 2 rings (SSSR count). The van der Waals surface area contributed by atoms with E-state index in [9.17, 15) is 9.59 Å². The van der Waals surface area contributed by atoms with E-state index in [1.54, 1.807) is 0 Å². The minimum Gasteiger partial charge on any atom is -0.336 e. The van der Waals surface area contributed by atoms with E-state index in [4.69, 9.17) is 0 Å². The second kappa shape index (κ2) is 6.77. The van der Waals surface area contributed by atoms with Gasteiger partial charge in [-0.15, -0.1) is 0 Å². The molecule has 1 aliphatic heterocycles. The zero-order valence-corrected chi connectivity index (χ0v) is 13.7. The van der Waals surface area contributed by atoms with Gasteiger partial charge in [-0.25, -0.2) is 0 Å². The molecule has 0 fully saturated rings. The lowest BCUT2D eigenvalue weighted by molar-refractivity contribution is -0.138. The molecule has 0 N–H and O–H groups in total. The molecule has 1 aromatic rings. The Bertz CT molecular complexity index is 607. The van der Waals surface area contributed by atoms with E-state index in [0.29, 0.717) is 13.1 Å². The molecule has 0 aromatic heterocycles. The SMILES string of the molecule is C=CC(=O)N(CC)CC(=O)N1CCc2c(C)cc(C)cc2C1. The van der Waals surface area contributed by atoms with E-state index in [-0.39, 0.29) is 18.4 Å². The first-order valence-corrected chi connectivity index (χ1v) is 7.74. The van der Waals surface area contributed by atoms with E-state index < -0.39 is 0 Å². The number of amides is 2. The molecule has 0 unspecified atom stereocenters. The van der Waals surface area contributed by atoms with Gasteiger partial charge in [-0.3, -0.25) is 9.59 Å². The van der Waals surface area contributed by atoms with Crippen molar-refractivity contribution in [2.75, 3.05) is 19.6 Å². The summed E-state index contributed by atoms with van der Waals surface area (Å²) in [5, 5.41) is 0. The largest absolute Gasteiger partial charge is 0.336 e. The Balaban J connectivity index is 2.10. The Hall–Kier alpha value is -2.10. The molecule has 0 radical (unpaired) electrons. The maximum absolute atomic E-state index is 12.5. The second-order valence-electron chi connectivity index (χ2n) is 5.84. The van der Waals surface area contributed by atoms with Crippen LogP contribution in [0.5, 0.6) is 0 Å². The fraction of sp³-hybridized carbons (Fsp3) is 0.444. The van der Waals surface area contributed by atoms with Crippen molar-refractivity contribution in [1.29, 1.82) is 0 Å². The van der Waals surface area contributed by atoms with Crippen molar-refractivity contribution in [1.82, 2.24) is 9.80 Å². The molecule has 0 saturated heterocycles. The third kappa shape index (κ3) is 3.38. The van der Waals surface area contributed by atoms with E-state index in [1.807, 2.05) is 11.8 Å². The lowest BCUT2D eigenvalue weighted by atomic mass is 9.93. The zero-order chi connectivity index (χ0) is 16.3. The third-order valence-corrected chi connectivity index (χ3v) is 4.25. The standard InChI is InChI=1S/C18H24N2O2/c1-5-17(21)19(6-2)12-18(22)20-8-7-16-14(4)9-13(3)10-15(16)11-20/h5,9-10H,1,6-8,11-12H2,2-4H3. The van der Waals surface area contributed by atoms with Crippen LogP contribution in [-0.2, 0) is 22.6 Å². The highest BCUT2D eigenvalue weighted by Crippen LogP contribution is 2.24. The Labute approximate surface area is 132 Å². The third-order valence-electron chi connectivity index (χ3n) is 4.25. The lowest BCUT2D eigenvalue weighted by Gasteiger charge is -2.32. The summed E-state index contributed by atoms with van der Waals surface area (Å²) in [6, 6.07) is 4.35. The van der Waals surface area contributed by atoms with Crippen LogP contribution < -0.4 is 0 Å². The van der Waals surface area contributed by atoms with Gasteiger partial charge in [0, 0.05) is 19.6 Å². The van der Waals surface area contributed by atoms with Gasteiger partial charge in [-0.1, -0.05) is 24.3 Å². The number of rotatable bonds is 4. The smallest absolute Gasteiger partial charge is 0.246 e. The first-order chi connectivity index (χ1) is 10.5. The molecule has 1 aliphatic rings. The topological polar surface area (TPSA) is 40.6 Å². The molecule has 0 atom stereocenters. The number of nitrogens with zero attached hydrogens (tertiary/aromatic N) is 2. The van der Waals surface area contributed by atoms with Gasteiger partial charge in [0.1, 0.15) is 6.54 Å². The molecule has 22 heavy (non-hydrogen) atoms. The van der Waals surface area contributed by atoms with Gasteiger partial charge in [-0.2, -0.15) is 0 Å². The highest BCUT2D eigenvalue weighted by Gasteiger charge is 2.24. The van der Waals surface area contributed by atoms with Crippen molar-refractivity contribution in [3.8, 4) is 0 Å². The van der Waals surface area contributed by atoms with Gasteiger partial charge in [-0.05, 0) is 50.0 Å². The highest BCUT2D eigenvalue weighted by molar-refractivity contribution is 5.90. The Kier molecular flexibility index (Phi) is 5.01. The molecule has 0 spiro atoms. The van der Waals surface area contributed by atoms with E-state index in [1.165, 1.54) is 33.2 Å². The summed E-state index contributed by atoms with van der Waals surface area (Å²) in [6.07, 6.45) is 2.14. The minimum atomic E-state index is -0.194. The van der Waals surface area contributed by atoms with Crippen molar-refractivity contribution in [2.45, 2.75) is 33.7 Å². The molecule has 1 heterocycles. The summed E-state index contributed by atoms with van der Waals surface area (Å²) in [6.45, 7) is 11.6. The van der Waals surface area contributed by atoms with Gasteiger partial charge in [0.25, 0.3) is 0 Å². The number of benzene rings is 1. The molecular formula is C18H24N2O2. The van der Waals surface area contributed by atoms with E-state index in [2.05, 4.69) is 32.6 Å². The number of hydrogen-bond donors (Lipinski definition) is 0. The van der Waals surface area contributed by atoms with E-state index in [0.717, 1.165) is 13.0 Å². The number of carbonyl (C=O) groups is 2. The van der Waals surface area contributed by atoms with Crippen molar-refractivity contribution in [2.24, 2.45) is 0 Å². The number of likely N-dealkylation sites (N-methyl/N-ethyl adjacent to an activating group) is 1. The van der Waals surface area contributed by atoms with Crippen molar-refractivity contribution in [3.63, 3.8) is 0 Å². The zero-order valence-electron chi connectivity index (χ0n) is 13.7. The normalized spacial score (nSPS) is 13.5. The van der Waals surface area contributed by atoms with Gasteiger partial charge < -0.3 is 9.80 Å². The first-order valence-electron chi connectivity index (χ1n) is 7.74. The van der Waals surface area contributed by atoms with E-state index >= 15 is 0 Å². The minimum absolute atomic E-state index is 0.00172. The monoisotopic (exact) mass is 300 g/mol. The maximum Gasteiger partial charge on any atom is 0.246 e. The fourth-order valence-corrected chi connectivity index (χ4v) is 3.07. The molecular weight excluding hydrogens is 276 g/mol. The Morgan fingerprint density at radius 2 is 2.09 bits per heavy atom. The number of fused-ring (bicyclic) bond motifs is 1. The second-order valence-corrected chi connectivity index (χ2v) is 5.84. The molecule has 118 valence electrons. The van der Waals surface area contributed by atoms with Gasteiger partial charge >= 0.3 is 0 Å². The van der Waals surface area contributed by atoms with Crippen LogP contribution >= 0.6 is 0 Å². The quantitative estimate of drug-likeness (QED) is 0.800. The molecule has 0 bridgehead atoms. The predicted molar refractivity (Wildman–Crippen MR) is 87.5 cm³/mol. The van der Waals surface area contributed by atoms with Crippen LogP contribution in [0.4, 0.5) is 0 Å². The molecule has 4 nitrogen and oxygen atoms in total. The average molecular weight is 300 g/mol. The van der Waals surface area contributed by atoms with Crippen LogP contribution in [0, 0.1) is 13.8 Å². The Morgan fingerprint density at radius 1 is 1.36 bits per heavy atom. The number of aryl methyl sites for hydroxylation is 2. The van der Waals surface area contributed by atoms with Gasteiger partial charge in [0.15, 0.2) is 0 Å². The van der Waals surface area contributed by atoms with Crippen LogP contribution in [-0.4, -0.2) is 41.2 Å². The summed E-state index contributed by atoms with van der Waals surface area (Å²) >= 11 is 0. The first kappa shape index (κ1) is 16.3. The van der Waals surface area contributed by atoms with Crippen LogP contribution in [0.25, 0.3) is 0 Å².